The normalized spacial score (nSPS) is 13.9. The number of rotatable bonds is 6. The van der Waals surface area contributed by atoms with Crippen LogP contribution in [0.5, 0.6) is 0 Å². The van der Waals surface area contributed by atoms with Crippen LogP contribution in [0.3, 0.4) is 0 Å². The van der Waals surface area contributed by atoms with Gasteiger partial charge in [0.05, 0.1) is 6.61 Å². The van der Waals surface area contributed by atoms with Crippen LogP contribution in [0.4, 0.5) is 0 Å². The van der Waals surface area contributed by atoms with Crippen LogP contribution in [0.15, 0.2) is 11.6 Å². The molecule has 0 amide bonds. The Hall–Kier alpha value is -0.830. The second-order valence-electron chi connectivity index (χ2n) is 3.41. The molecule has 0 aliphatic carbocycles. The van der Waals surface area contributed by atoms with Crippen molar-refractivity contribution in [3.8, 4) is 0 Å². The van der Waals surface area contributed by atoms with E-state index in [1.54, 1.807) is 13.8 Å². The lowest BCUT2D eigenvalue weighted by atomic mass is 10.0. The monoisotopic (exact) mass is 200 g/mol. The summed E-state index contributed by atoms with van der Waals surface area (Å²) in [4.78, 5) is 11.2. The van der Waals surface area contributed by atoms with E-state index in [9.17, 15) is 4.79 Å². The highest BCUT2D eigenvalue weighted by Gasteiger charge is 2.06. The molecule has 0 saturated carbocycles. The van der Waals surface area contributed by atoms with E-state index in [1.165, 1.54) is 0 Å². The first-order valence-corrected chi connectivity index (χ1v) is 5.08. The van der Waals surface area contributed by atoms with Gasteiger partial charge in [-0.25, -0.2) is 4.79 Å². The van der Waals surface area contributed by atoms with E-state index < -0.39 is 0 Å². The van der Waals surface area contributed by atoms with E-state index in [1.807, 2.05) is 13.0 Å². The number of aliphatic hydroxyl groups excluding tert-OH is 1. The molecule has 3 heteroatoms. The van der Waals surface area contributed by atoms with Crippen LogP contribution in [0, 0.1) is 5.92 Å². The van der Waals surface area contributed by atoms with Gasteiger partial charge in [-0.3, -0.25) is 0 Å². The summed E-state index contributed by atoms with van der Waals surface area (Å²) in [6, 6.07) is 0. The van der Waals surface area contributed by atoms with Crippen molar-refractivity contribution in [3.05, 3.63) is 11.6 Å². The number of allylic oxidation sites excluding steroid dienone is 1. The lowest BCUT2D eigenvalue weighted by Gasteiger charge is -2.07. The number of hydrogen-bond donors (Lipinski definition) is 1. The van der Waals surface area contributed by atoms with Gasteiger partial charge in [0.2, 0.25) is 0 Å². The van der Waals surface area contributed by atoms with Gasteiger partial charge in [-0.2, -0.15) is 0 Å². The number of esters is 1. The zero-order valence-electron chi connectivity index (χ0n) is 9.25. The first kappa shape index (κ1) is 13.2. The molecule has 0 heterocycles. The summed E-state index contributed by atoms with van der Waals surface area (Å²) < 4.78 is 4.85. The van der Waals surface area contributed by atoms with Gasteiger partial charge in [0.25, 0.3) is 0 Å². The molecule has 0 aliphatic rings. The van der Waals surface area contributed by atoms with Gasteiger partial charge in [-0.15, -0.1) is 0 Å². The third-order valence-electron chi connectivity index (χ3n) is 1.95. The van der Waals surface area contributed by atoms with Crippen molar-refractivity contribution < 1.29 is 14.6 Å². The minimum absolute atomic E-state index is 0.205. The van der Waals surface area contributed by atoms with Crippen molar-refractivity contribution in [2.24, 2.45) is 5.92 Å². The zero-order valence-corrected chi connectivity index (χ0v) is 9.25. The van der Waals surface area contributed by atoms with Gasteiger partial charge in [0.15, 0.2) is 0 Å². The average molecular weight is 200 g/mol. The number of carbonyl (C=O) groups is 1. The lowest BCUT2D eigenvalue weighted by molar-refractivity contribution is -0.138. The van der Waals surface area contributed by atoms with Gasteiger partial charge < -0.3 is 9.84 Å². The van der Waals surface area contributed by atoms with Crippen molar-refractivity contribution in [1.29, 1.82) is 0 Å². The Labute approximate surface area is 85.8 Å². The molecule has 0 saturated heterocycles. The van der Waals surface area contributed by atoms with E-state index >= 15 is 0 Å². The second-order valence-corrected chi connectivity index (χ2v) is 3.41. The van der Waals surface area contributed by atoms with Crippen LogP contribution >= 0.6 is 0 Å². The van der Waals surface area contributed by atoms with E-state index in [-0.39, 0.29) is 12.6 Å². The molecule has 3 nitrogen and oxygen atoms in total. The quantitative estimate of drug-likeness (QED) is 0.526. The van der Waals surface area contributed by atoms with Gasteiger partial charge in [0, 0.05) is 12.2 Å². The largest absolute Gasteiger partial charge is 0.463 e. The van der Waals surface area contributed by atoms with Crippen LogP contribution in [0.25, 0.3) is 0 Å². The topological polar surface area (TPSA) is 46.5 Å². The Morgan fingerprint density at radius 2 is 2.21 bits per heavy atom. The maximum absolute atomic E-state index is 11.2. The molecular weight excluding hydrogens is 180 g/mol. The maximum atomic E-state index is 11.2. The number of ether oxygens (including phenoxy) is 1. The van der Waals surface area contributed by atoms with Crippen LogP contribution in [0.2, 0.25) is 0 Å². The Bertz CT molecular complexity index is 197. The molecule has 0 aromatic heterocycles. The summed E-state index contributed by atoms with van der Waals surface area (Å²) in [7, 11) is 0. The molecule has 0 radical (unpaired) electrons. The van der Waals surface area contributed by atoms with Crippen LogP contribution in [0.1, 0.15) is 33.6 Å². The molecule has 82 valence electrons. The molecule has 0 unspecified atom stereocenters. The molecule has 0 fully saturated rings. The van der Waals surface area contributed by atoms with Gasteiger partial charge in [-0.1, -0.05) is 13.0 Å². The number of aliphatic hydroxyl groups is 1. The Balaban J connectivity index is 4.00. The van der Waals surface area contributed by atoms with Crippen LogP contribution in [-0.2, 0) is 9.53 Å². The van der Waals surface area contributed by atoms with Gasteiger partial charge in [0.1, 0.15) is 0 Å². The van der Waals surface area contributed by atoms with Gasteiger partial charge in [-0.05, 0) is 32.6 Å². The zero-order chi connectivity index (χ0) is 11.0. The van der Waals surface area contributed by atoms with Crippen molar-refractivity contribution >= 4 is 5.97 Å². The second kappa shape index (κ2) is 7.56. The van der Waals surface area contributed by atoms with Crippen LogP contribution < -0.4 is 0 Å². The van der Waals surface area contributed by atoms with Gasteiger partial charge >= 0.3 is 5.97 Å². The fraction of sp³-hybridized carbons (Fsp3) is 0.727. The van der Waals surface area contributed by atoms with Crippen molar-refractivity contribution in [1.82, 2.24) is 0 Å². The van der Waals surface area contributed by atoms with Crippen molar-refractivity contribution in [3.63, 3.8) is 0 Å². The average Bonchev–Trinajstić information content (AvgIpc) is 2.15. The molecule has 1 atom stereocenters. The molecule has 0 aliphatic heterocycles. The molecular formula is C11H20O3. The van der Waals surface area contributed by atoms with E-state index in [0.717, 1.165) is 12.8 Å². The Kier molecular flexibility index (Phi) is 7.11. The predicted molar refractivity (Wildman–Crippen MR) is 55.9 cm³/mol. The van der Waals surface area contributed by atoms with E-state index in [0.29, 0.717) is 18.1 Å². The van der Waals surface area contributed by atoms with Crippen LogP contribution in [-0.4, -0.2) is 24.3 Å². The summed E-state index contributed by atoms with van der Waals surface area (Å²) in [5, 5.41) is 8.63. The molecule has 0 aromatic carbocycles. The highest BCUT2D eigenvalue weighted by atomic mass is 16.5. The molecule has 0 bridgehead atoms. The fourth-order valence-electron chi connectivity index (χ4n) is 1.24. The summed E-state index contributed by atoms with van der Waals surface area (Å²) in [6.45, 7) is 6.19. The Morgan fingerprint density at radius 3 is 2.71 bits per heavy atom. The third-order valence-corrected chi connectivity index (χ3v) is 1.95. The molecule has 0 rings (SSSR count). The standard InChI is InChI=1S/C11H20O3/c1-4-14-11(13)10(3)8-9(2)6-5-7-12/h8-9,12H,4-7H2,1-3H3/b10-8+/t9-/m0/s1. The first-order chi connectivity index (χ1) is 6.61. The number of carbonyl (C=O) groups excluding carboxylic acids is 1. The van der Waals surface area contributed by atoms with E-state index in [2.05, 4.69) is 0 Å². The molecule has 0 spiro atoms. The lowest BCUT2D eigenvalue weighted by Crippen LogP contribution is -2.06. The minimum Gasteiger partial charge on any atom is -0.463 e. The summed E-state index contributed by atoms with van der Waals surface area (Å²) in [5.41, 5.74) is 0.650. The molecule has 0 aromatic rings. The molecule has 1 N–H and O–H groups in total. The fourth-order valence-corrected chi connectivity index (χ4v) is 1.24. The summed E-state index contributed by atoms with van der Waals surface area (Å²) in [5.74, 6) is 0.0647. The molecule has 14 heavy (non-hydrogen) atoms. The van der Waals surface area contributed by atoms with Crippen molar-refractivity contribution in [2.75, 3.05) is 13.2 Å². The smallest absolute Gasteiger partial charge is 0.333 e. The van der Waals surface area contributed by atoms with Crippen molar-refractivity contribution in [2.45, 2.75) is 33.6 Å². The number of hydrogen-bond acceptors (Lipinski definition) is 3. The summed E-state index contributed by atoms with van der Waals surface area (Å²) >= 11 is 0. The highest BCUT2D eigenvalue weighted by Crippen LogP contribution is 2.10. The third kappa shape index (κ3) is 5.75. The first-order valence-electron chi connectivity index (χ1n) is 5.08. The SMILES string of the molecule is CCOC(=O)/C(C)=C/[C@@H](C)CCCO. The summed E-state index contributed by atoms with van der Waals surface area (Å²) in [6.07, 6.45) is 3.56. The predicted octanol–water partition coefficient (Wildman–Crippen LogP) is 1.90. The Morgan fingerprint density at radius 1 is 1.57 bits per heavy atom. The van der Waals surface area contributed by atoms with E-state index in [4.69, 9.17) is 9.84 Å². The minimum atomic E-state index is -0.247. The maximum Gasteiger partial charge on any atom is 0.333 e. The highest BCUT2D eigenvalue weighted by molar-refractivity contribution is 5.87.